The van der Waals surface area contributed by atoms with E-state index in [0.717, 1.165) is 56.4 Å². The van der Waals surface area contributed by atoms with Gasteiger partial charge in [-0.1, -0.05) is 6.42 Å². The molecule has 1 N–H and O–H groups in total. The van der Waals surface area contributed by atoms with Gasteiger partial charge in [0.2, 0.25) is 0 Å². The fourth-order valence-electron chi connectivity index (χ4n) is 4.61. The van der Waals surface area contributed by atoms with Crippen molar-refractivity contribution in [2.75, 3.05) is 44.2 Å². The van der Waals surface area contributed by atoms with Gasteiger partial charge in [0.1, 0.15) is 0 Å². The van der Waals surface area contributed by atoms with Crippen molar-refractivity contribution in [1.29, 1.82) is 0 Å². The van der Waals surface area contributed by atoms with Crippen molar-refractivity contribution in [3.63, 3.8) is 0 Å². The van der Waals surface area contributed by atoms with Gasteiger partial charge in [-0.15, -0.1) is 0 Å². The minimum Gasteiger partial charge on any atom is -0.348 e. The molecular formula is C16H23F3N4OS. The molecule has 0 aromatic heterocycles. The van der Waals surface area contributed by atoms with Crippen LogP contribution in [0.4, 0.5) is 13.2 Å². The summed E-state index contributed by atoms with van der Waals surface area (Å²) in [6.45, 7) is 3.46. The summed E-state index contributed by atoms with van der Waals surface area (Å²) < 4.78 is 37.4. The van der Waals surface area contributed by atoms with E-state index in [1.165, 1.54) is 0 Å². The Bertz CT molecular complexity index is 578. The van der Waals surface area contributed by atoms with E-state index in [2.05, 4.69) is 15.1 Å². The van der Waals surface area contributed by atoms with E-state index in [1.54, 1.807) is 0 Å². The van der Waals surface area contributed by atoms with Crippen LogP contribution in [0.1, 0.15) is 19.3 Å². The van der Waals surface area contributed by atoms with Crippen LogP contribution in [0.15, 0.2) is 4.99 Å². The summed E-state index contributed by atoms with van der Waals surface area (Å²) in [6, 6.07) is 0.468. The van der Waals surface area contributed by atoms with Gasteiger partial charge in [0, 0.05) is 43.6 Å². The van der Waals surface area contributed by atoms with Crippen LogP contribution in [0.3, 0.4) is 0 Å². The van der Waals surface area contributed by atoms with Crippen LogP contribution in [-0.2, 0) is 4.79 Å². The molecule has 5 nitrogen and oxygen atoms in total. The summed E-state index contributed by atoms with van der Waals surface area (Å²) in [5, 5.41) is 2.11. The number of carbonyl (C=O) groups is 1. The number of guanidine groups is 1. The number of alkyl halides is 3. The molecule has 25 heavy (non-hydrogen) atoms. The molecule has 2 saturated heterocycles. The molecule has 1 saturated carbocycles. The lowest BCUT2D eigenvalue weighted by Crippen LogP contribution is -2.49. The molecular weight excluding hydrogens is 353 g/mol. The molecule has 4 rings (SSSR count). The highest BCUT2D eigenvalue weighted by atomic mass is 32.2. The number of likely N-dealkylation sites (tertiary alicyclic amines) is 1. The predicted octanol–water partition coefficient (Wildman–Crippen LogP) is 1.55. The quantitative estimate of drug-likeness (QED) is 0.795. The van der Waals surface area contributed by atoms with Gasteiger partial charge < -0.3 is 15.1 Å². The second-order valence-electron chi connectivity index (χ2n) is 7.56. The lowest BCUT2D eigenvalue weighted by Gasteiger charge is -2.43. The lowest BCUT2D eigenvalue weighted by atomic mass is 9.63. The molecule has 3 heterocycles. The fraction of sp³-hybridized carbons (Fsp3) is 0.875. The number of hydrogen-bond donors (Lipinski definition) is 1. The van der Waals surface area contributed by atoms with Crippen LogP contribution in [0, 0.1) is 11.3 Å². The van der Waals surface area contributed by atoms with Crippen LogP contribution in [-0.4, -0.2) is 78.1 Å². The maximum absolute atomic E-state index is 12.5. The maximum atomic E-state index is 12.5. The first kappa shape index (κ1) is 17.3. The maximum Gasteiger partial charge on any atom is 0.471 e. The van der Waals surface area contributed by atoms with E-state index in [1.807, 2.05) is 11.8 Å². The normalized spacial score (nSPS) is 30.9. The summed E-state index contributed by atoms with van der Waals surface area (Å²) in [5.74, 6) is 1.46. The summed E-state index contributed by atoms with van der Waals surface area (Å²) in [7, 11) is 0. The number of thioether (sulfide) groups is 1. The highest BCUT2D eigenvalue weighted by Crippen LogP contribution is 2.51. The molecule has 2 unspecified atom stereocenters. The Hall–Kier alpha value is -1.12. The lowest BCUT2D eigenvalue weighted by molar-refractivity contribution is -0.174. The molecule has 0 bridgehead atoms. The number of halogens is 3. The molecule has 0 aromatic carbocycles. The molecule has 3 aliphatic heterocycles. The minimum atomic E-state index is -4.81. The van der Waals surface area contributed by atoms with Gasteiger partial charge in [-0.25, -0.2) is 0 Å². The minimum absolute atomic E-state index is 0.0457. The summed E-state index contributed by atoms with van der Waals surface area (Å²) in [6.07, 6.45) is -1.63. The van der Waals surface area contributed by atoms with E-state index in [-0.39, 0.29) is 17.9 Å². The Morgan fingerprint density at radius 1 is 1.40 bits per heavy atom. The van der Waals surface area contributed by atoms with Crippen molar-refractivity contribution in [2.24, 2.45) is 16.3 Å². The average Bonchev–Trinajstić information content (AvgIpc) is 3.12. The van der Waals surface area contributed by atoms with E-state index in [4.69, 9.17) is 4.99 Å². The van der Waals surface area contributed by atoms with Crippen LogP contribution < -0.4 is 5.32 Å². The van der Waals surface area contributed by atoms with E-state index < -0.39 is 12.1 Å². The number of nitrogens with one attached hydrogen (secondary N) is 1. The van der Waals surface area contributed by atoms with Gasteiger partial charge in [-0.2, -0.15) is 24.9 Å². The monoisotopic (exact) mass is 376 g/mol. The van der Waals surface area contributed by atoms with Crippen LogP contribution >= 0.6 is 11.8 Å². The first-order valence-electron chi connectivity index (χ1n) is 8.88. The largest absolute Gasteiger partial charge is 0.471 e. The van der Waals surface area contributed by atoms with Gasteiger partial charge >= 0.3 is 12.1 Å². The van der Waals surface area contributed by atoms with Gasteiger partial charge in [-0.05, 0) is 18.3 Å². The number of fused-ring (bicyclic) bond motifs is 1. The highest BCUT2D eigenvalue weighted by Gasteiger charge is 2.52. The van der Waals surface area contributed by atoms with Crippen molar-refractivity contribution >= 4 is 23.6 Å². The fourth-order valence-corrected chi connectivity index (χ4v) is 5.66. The summed E-state index contributed by atoms with van der Waals surface area (Å²) in [4.78, 5) is 20.6. The molecule has 140 valence electrons. The Morgan fingerprint density at radius 3 is 2.88 bits per heavy atom. The van der Waals surface area contributed by atoms with Crippen molar-refractivity contribution in [1.82, 2.24) is 15.1 Å². The standard InChI is InChI=1S/C16H23F3N4OS/c17-16(18,19)13(24)20-6-11-8-22(10-15(11)2-1-3-15)14-21-7-12-9-25-5-4-23(12)14/h11-12H,1-10H2,(H,20,24). The molecule has 0 radical (unpaired) electrons. The number of aliphatic imine (C=N–C) groups is 1. The van der Waals surface area contributed by atoms with Crippen LogP contribution in [0.5, 0.6) is 0 Å². The smallest absolute Gasteiger partial charge is 0.348 e. The molecule has 3 fully saturated rings. The summed E-state index contributed by atoms with van der Waals surface area (Å²) in [5.41, 5.74) is 0.0457. The molecule has 1 amide bonds. The van der Waals surface area contributed by atoms with Crippen LogP contribution in [0.2, 0.25) is 0 Å². The average molecular weight is 376 g/mol. The second kappa shape index (κ2) is 6.25. The number of rotatable bonds is 2. The predicted molar refractivity (Wildman–Crippen MR) is 90.5 cm³/mol. The van der Waals surface area contributed by atoms with E-state index >= 15 is 0 Å². The Balaban J connectivity index is 1.42. The van der Waals surface area contributed by atoms with E-state index in [9.17, 15) is 18.0 Å². The number of carbonyl (C=O) groups excluding carboxylic acids is 1. The van der Waals surface area contributed by atoms with Gasteiger partial charge in [0.25, 0.3) is 0 Å². The van der Waals surface area contributed by atoms with Crippen LogP contribution in [0.25, 0.3) is 0 Å². The zero-order valence-electron chi connectivity index (χ0n) is 14.0. The third kappa shape index (κ3) is 3.08. The van der Waals surface area contributed by atoms with Gasteiger partial charge in [0.15, 0.2) is 5.96 Å². The third-order valence-corrected chi connectivity index (χ3v) is 7.23. The number of nitrogens with zero attached hydrogens (tertiary/aromatic N) is 3. The molecule has 1 spiro atoms. The topological polar surface area (TPSA) is 47.9 Å². The zero-order valence-corrected chi connectivity index (χ0v) is 14.8. The van der Waals surface area contributed by atoms with Crippen molar-refractivity contribution in [3.05, 3.63) is 0 Å². The SMILES string of the molecule is O=C(NCC1CN(C2=NCC3CSCCN23)CC12CCC2)C(F)(F)F. The molecule has 9 heteroatoms. The van der Waals surface area contributed by atoms with Gasteiger partial charge in [-0.3, -0.25) is 9.79 Å². The van der Waals surface area contributed by atoms with Crippen molar-refractivity contribution in [3.8, 4) is 0 Å². The van der Waals surface area contributed by atoms with Crippen molar-refractivity contribution < 1.29 is 18.0 Å². The number of hydrogen-bond acceptors (Lipinski definition) is 5. The molecule has 4 aliphatic rings. The molecule has 1 aliphatic carbocycles. The second-order valence-corrected chi connectivity index (χ2v) is 8.71. The highest BCUT2D eigenvalue weighted by molar-refractivity contribution is 7.99. The first-order valence-corrected chi connectivity index (χ1v) is 10.0. The zero-order chi connectivity index (χ0) is 17.7. The van der Waals surface area contributed by atoms with Gasteiger partial charge in [0.05, 0.1) is 12.6 Å². The summed E-state index contributed by atoms with van der Waals surface area (Å²) >= 11 is 1.96. The number of amides is 1. The van der Waals surface area contributed by atoms with E-state index in [0.29, 0.717) is 12.6 Å². The first-order chi connectivity index (χ1) is 11.9. The Kier molecular flexibility index (Phi) is 4.32. The van der Waals surface area contributed by atoms with Crippen molar-refractivity contribution in [2.45, 2.75) is 31.5 Å². The Morgan fingerprint density at radius 2 is 2.20 bits per heavy atom. The molecule has 0 aromatic rings. The third-order valence-electron chi connectivity index (χ3n) is 6.14. The Labute approximate surface area is 149 Å². The molecule has 2 atom stereocenters.